The van der Waals surface area contributed by atoms with E-state index in [0.717, 1.165) is 18.4 Å². The second kappa shape index (κ2) is 8.21. The van der Waals surface area contributed by atoms with Gasteiger partial charge in [-0.3, -0.25) is 9.59 Å². The lowest BCUT2D eigenvalue weighted by Gasteiger charge is -2.38. The van der Waals surface area contributed by atoms with Crippen LogP contribution in [0.1, 0.15) is 24.0 Å². The van der Waals surface area contributed by atoms with E-state index < -0.39 is 0 Å². The topological polar surface area (TPSA) is 67.9 Å². The second-order valence-corrected chi connectivity index (χ2v) is 8.66. The summed E-state index contributed by atoms with van der Waals surface area (Å²) < 4.78 is 24.1. The Morgan fingerprint density at radius 2 is 1.71 bits per heavy atom. The maximum absolute atomic E-state index is 13.4. The molecule has 2 aromatic carbocycles. The molecule has 2 aliphatic heterocycles. The molecule has 1 aliphatic carbocycles. The van der Waals surface area contributed by atoms with E-state index in [-0.39, 0.29) is 55.1 Å². The van der Waals surface area contributed by atoms with Gasteiger partial charge in [-0.15, -0.1) is 0 Å². The van der Waals surface area contributed by atoms with Crippen molar-refractivity contribution in [3.8, 4) is 11.5 Å². The predicted octanol–water partition coefficient (Wildman–Crippen LogP) is 2.69. The maximum atomic E-state index is 13.4. The summed E-state index contributed by atoms with van der Waals surface area (Å²) in [5.74, 6) is 1.59. The Kier molecular flexibility index (Phi) is 5.26. The van der Waals surface area contributed by atoms with Crippen molar-refractivity contribution in [2.75, 3.05) is 19.9 Å². The summed E-state index contributed by atoms with van der Waals surface area (Å²) in [4.78, 5) is 27.3. The van der Waals surface area contributed by atoms with Crippen LogP contribution in [0.5, 0.6) is 11.5 Å². The Bertz CT molecular complexity index is 997. The smallest absolute Gasteiger partial charge is 0.231 e. The molecule has 2 fully saturated rings. The molecule has 6 nitrogen and oxygen atoms in total. The molecule has 2 heterocycles. The molecule has 2 amide bonds. The number of fused-ring (bicyclic) bond motifs is 3. The highest BCUT2D eigenvalue weighted by Gasteiger charge is 2.43. The van der Waals surface area contributed by atoms with Gasteiger partial charge in [0.05, 0.1) is 12.8 Å². The summed E-state index contributed by atoms with van der Waals surface area (Å²) in [5.41, 5.74) is 1.58. The number of likely N-dealkylation sites (tertiary alicyclic amines) is 1. The van der Waals surface area contributed by atoms with Crippen LogP contribution in [0.15, 0.2) is 42.5 Å². The van der Waals surface area contributed by atoms with Gasteiger partial charge in [0, 0.05) is 19.1 Å². The minimum Gasteiger partial charge on any atom is -0.454 e. The van der Waals surface area contributed by atoms with Gasteiger partial charge < -0.3 is 19.7 Å². The molecule has 3 aliphatic rings. The van der Waals surface area contributed by atoms with Crippen molar-refractivity contribution < 1.29 is 23.5 Å². The maximum Gasteiger partial charge on any atom is 0.231 e. The van der Waals surface area contributed by atoms with Crippen LogP contribution in [0.25, 0.3) is 0 Å². The van der Waals surface area contributed by atoms with Crippen molar-refractivity contribution in [3.63, 3.8) is 0 Å². The molecule has 1 saturated heterocycles. The van der Waals surface area contributed by atoms with Crippen molar-refractivity contribution in [2.45, 2.75) is 31.7 Å². The average Bonchev–Trinajstić information content (AvgIpc) is 3.28. The minimum atomic E-state index is -0.325. The highest BCUT2D eigenvalue weighted by Crippen LogP contribution is 2.37. The summed E-state index contributed by atoms with van der Waals surface area (Å²) in [5, 5.41) is 3.22. The first-order valence-electron chi connectivity index (χ1n) is 10.8. The van der Waals surface area contributed by atoms with Gasteiger partial charge in [-0.2, -0.15) is 0 Å². The fraction of sp³-hybridized carbons (Fsp3) is 0.417. The molecule has 2 bridgehead atoms. The number of amides is 2. The molecule has 1 saturated carbocycles. The zero-order chi connectivity index (χ0) is 21.4. The second-order valence-electron chi connectivity index (χ2n) is 8.66. The Balaban J connectivity index is 1.17. The molecule has 3 atom stereocenters. The molecule has 31 heavy (non-hydrogen) atoms. The van der Waals surface area contributed by atoms with Crippen LogP contribution in [0, 0.1) is 17.7 Å². The van der Waals surface area contributed by atoms with Gasteiger partial charge in [0.25, 0.3) is 0 Å². The van der Waals surface area contributed by atoms with Crippen LogP contribution >= 0.6 is 0 Å². The molecule has 7 heteroatoms. The Hall–Kier alpha value is -3.09. The number of benzene rings is 2. The number of rotatable bonds is 5. The van der Waals surface area contributed by atoms with E-state index in [9.17, 15) is 14.0 Å². The third-order valence-electron chi connectivity index (χ3n) is 6.56. The number of hydrogen-bond acceptors (Lipinski definition) is 4. The third-order valence-corrected chi connectivity index (χ3v) is 6.56. The fourth-order valence-corrected chi connectivity index (χ4v) is 5.07. The fourth-order valence-electron chi connectivity index (χ4n) is 5.07. The van der Waals surface area contributed by atoms with Crippen LogP contribution < -0.4 is 14.8 Å². The highest BCUT2D eigenvalue weighted by molar-refractivity contribution is 5.80. The number of carbonyl (C=O) groups excluding carboxylic acids is 2. The quantitative estimate of drug-likeness (QED) is 0.802. The summed E-state index contributed by atoms with van der Waals surface area (Å²) in [7, 11) is 0. The molecule has 1 unspecified atom stereocenters. The summed E-state index contributed by atoms with van der Waals surface area (Å²) >= 11 is 0. The SMILES string of the molecule is O=C(Cc1ccc2c(c1)OCO2)NC1[C@@H]2CC[C@H]1CN(C(=O)Cc1cccc(F)c1)C2. The number of nitrogens with one attached hydrogen (secondary N) is 1. The standard InChI is InChI=1S/C24H25FN2O4/c25-19-3-1-2-15(8-19)11-23(29)27-12-17-5-6-18(13-27)24(17)26-22(28)10-16-4-7-20-21(9-16)31-14-30-20/h1-4,7-9,17-18,24H,5-6,10-14H2,(H,26,28)/t17-,18+,24?. The Morgan fingerprint density at radius 1 is 0.968 bits per heavy atom. The van der Waals surface area contributed by atoms with Crippen LogP contribution in [0.2, 0.25) is 0 Å². The zero-order valence-corrected chi connectivity index (χ0v) is 17.2. The Morgan fingerprint density at radius 3 is 2.48 bits per heavy atom. The van der Waals surface area contributed by atoms with Crippen LogP contribution in [-0.4, -0.2) is 42.6 Å². The van der Waals surface area contributed by atoms with Crippen molar-refractivity contribution in [3.05, 3.63) is 59.4 Å². The highest BCUT2D eigenvalue weighted by atomic mass is 19.1. The van der Waals surface area contributed by atoms with Gasteiger partial charge in [-0.25, -0.2) is 4.39 Å². The van der Waals surface area contributed by atoms with E-state index in [1.807, 2.05) is 23.1 Å². The van der Waals surface area contributed by atoms with Crippen LogP contribution in [-0.2, 0) is 22.4 Å². The molecular formula is C24H25FN2O4. The van der Waals surface area contributed by atoms with Gasteiger partial charge in [0.1, 0.15) is 5.82 Å². The largest absolute Gasteiger partial charge is 0.454 e. The minimum absolute atomic E-state index is 0.0136. The molecule has 0 aromatic heterocycles. The summed E-state index contributed by atoms with van der Waals surface area (Å²) in [6.07, 6.45) is 2.50. The third kappa shape index (κ3) is 4.22. The number of halogens is 1. The van der Waals surface area contributed by atoms with Crippen molar-refractivity contribution in [1.82, 2.24) is 10.2 Å². The van der Waals surface area contributed by atoms with E-state index in [4.69, 9.17) is 9.47 Å². The number of ether oxygens (including phenoxy) is 2. The lowest BCUT2D eigenvalue weighted by atomic mass is 9.91. The van der Waals surface area contributed by atoms with Gasteiger partial charge in [-0.1, -0.05) is 18.2 Å². The molecule has 1 N–H and O–H groups in total. The lowest BCUT2D eigenvalue weighted by molar-refractivity contribution is -0.133. The van der Waals surface area contributed by atoms with Gasteiger partial charge >= 0.3 is 0 Å². The molecule has 5 rings (SSSR count). The first-order chi connectivity index (χ1) is 15.0. The van der Waals surface area contributed by atoms with Gasteiger partial charge in [0.2, 0.25) is 18.6 Å². The van der Waals surface area contributed by atoms with Gasteiger partial charge in [0.15, 0.2) is 11.5 Å². The number of hydrogen-bond donors (Lipinski definition) is 1. The van der Waals surface area contributed by atoms with Crippen LogP contribution in [0.3, 0.4) is 0 Å². The van der Waals surface area contributed by atoms with Crippen LogP contribution in [0.4, 0.5) is 4.39 Å². The van der Waals surface area contributed by atoms with E-state index in [1.54, 1.807) is 12.1 Å². The summed E-state index contributed by atoms with van der Waals surface area (Å²) in [6.45, 7) is 1.49. The van der Waals surface area contributed by atoms with Crippen molar-refractivity contribution in [1.29, 1.82) is 0 Å². The first-order valence-corrected chi connectivity index (χ1v) is 10.8. The van der Waals surface area contributed by atoms with Gasteiger partial charge in [-0.05, 0) is 60.1 Å². The monoisotopic (exact) mass is 424 g/mol. The molecule has 162 valence electrons. The van der Waals surface area contributed by atoms with E-state index in [2.05, 4.69) is 5.32 Å². The van der Waals surface area contributed by atoms with Crippen molar-refractivity contribution >= 4 is 11.8 Å². The normalized spacial score (nSPS) is 23.6. The molecular weight excluding hydrogens is 399 g/mol. The number of nitrogens with zero attached hydrogens (tertiary/aromatic N) is 1. The van der Waals surface area contributed by atoms with E-state index in [1.165, 1.54) is 12.1 Å². The number of carbonyl (C=O) groups is 2. The number of piperidine rings is 1. The average molecular weight is 424 g/mol. The first kappa shape index (κ1) is 19.8. The Labute approximate surface area is 180 Å². The predicted molar refractivity (Wildman–Crippen MR) is 111 cm³/mol. The van der Waals surface area contributed by atoms with E-state index in [0.29, 0.717) is 30.2 Å². The van der Waals surface area contributed by atoms with Crippen molar-refractivity contribution in [2.24, 2.45) is 11.8 Å². The molecule has 0 radical (unpaired) electrons. The lowest BCUT2D eigenvalue weighted by Crippen LogP contribution is -2.54. The van der Waals surface area contributed by atoms with E-state index >= 15 is 0 Å². The molecule has 0 spiro atoms. The zero-order valence-electron chi connectivity index (χ0n) is 17.2. The summed E-state index contributed by atoms with van der Waals surface area (Å²) in [6, 6.07) is 11.9. The molecule has 2 aromatic rings.